The number of aliphatic carboxylic acids is 1. The average molecular weight is 190 g/mol. The van der Waals surface area contributed by atoms with Gasteiger partial charge in [0, 0.05) is 12.1 Å². The number of hydrogen-bond acceptors (Lipinski definition) is 3. The highest BCUT2D eigenvalue weighted by Crippen LogP contribution is 2.17. The number of carboxylic acid groups (broad SMARTS) is 1. The third kappa shape index (κ3) is 2.23. The average Bonchev–Trinajstić information content (AvgIpc) is 2.15. The fourth-order valence-electron chi connectivity index (χ4n) is 1.22. The molecule has 72 valence electrons. The molecule has 0 unspecified atom stereocenters. The van der Waals surface area contributed by atoms with E-state index in [-0.39, 0.29) is 6.42 Å². The summed E-state index contributed by atoms with van der Waals surface area (Å²) in [4.78, 5) is 10.4. The molecule has 1 rings (SSSR count). The van der Waals surface area contributed by atoms with E-state index < -0.39 is 5.97 Å². The maximum Gasteiger partial charge on any atom is 0.303 e. The van der Waals surface area contributed by atoms with E-state index in [1.165, 1.54) is 0 Å². The van der Waals surface area contributed by atoms with Crippen molar-refractivity contribution in [3.63, 3.8) is 0 Å². The van der Waals surface area contributed by atoms with Crippen LogP contribution in [0.5, 0.6) is 0 Å². The fraction of sp³-hybridized carbons (Fsp3) is 0.200. The Kier molecular flexibility index (Phi) is 3.08. The third-order valence-corrected chi connectivity index (χ3v) is 1.92. The number of rotatable bonds is 3. The molecule has 0 fully saturated rings. The molecule has 4 nitrogen and oxygen atoms in total. The predicted octanol–water partition coefficient (Wildman–Crippen LogP) is 1.16. The van der Waals surface area contributed by atoms with E-state index >= 15 is 0 Å². The molecular weight excluding hydrogens is 180 g/mol. The van der Waals surface area contributed by atoms with Crippen LogP contribution >= 0.6 is 0 Å². The van der Waals surface area contributed by atoms with Gasteiger partial charge < -0.3 is 10.8 Å². The lowest BCUT2D eigenvalue weighted by Gasteiger charge is -2.05. The second kappa shape index (κ2) is 4.28. The molecule has 0 radical (unpaired) electrons. The molecule has 0 aliphatic carbocycles. The van der Waals surface area contributed by atoms with E-state index in [4.69, 9.17) is 16.1 Å². The second-order valence-electron chi connectivity index (χ2n) is 2.88. The first kappa shape index (κ1) is 10.1. The number of hydrogen-bond donors (Lipinski definition) is 2. The molecular formula is C10H10N2O2. The lowest BCUT2D eigenvalue weighted by atomic mass is 10.0. The van der Waals surface area contributed by atoms with Crippen molar-refractivity contribution in [2.45, 2.75) is 12.8 Å². The highest BCUT2D eigenvalue weighted by Gasteiger charge is 2.07. The molecule has 14 heavy (non-hydrogen) atoms. The van der Waals surface area contributed by atoms with Gasteiger partial charge in [-0.25, -0.2) is 0 Å². The topological polar surface area (TPSA) is 87.1 Å². The molecule has 0 saturated heterocycles. The lowest BCUT2D eigenvalue weighted by Crippen LogP contribution is -2.02. The third-order valence-electron chi connectivity index (χ3n) is 1.92. The quantitative estimate of drug-likeness (QED) is 0.700. The Morgan fingerprint density at radius 1 is 1.57 bits per heavy atom. The first-order chi connectivity index (χ1) is 6.65. The van der Waals surface area contributed by atoms with Gasteiger partial charge in [-0.1, -0.05) is 6.07 Å². The molecule has 3 N–H and O–H groups in total. The summed E-state index contributed by atoms with van der Waals surface area (Å²) in [6.07, 6.45) is 0.286. The van der Waals surface area contributed by atoms with Gasteiger partial charge in [-0.15, -0.1) is 0 Å². The van der Waals surface area contributed by atoms with Crippen LogP contribution in [0.2, 0.25) is 0 Å². The summed E-state index contributed by atoms with van der Waals surface area (Å²) >= 11 is 0. The van der Waals surface area contributed by atoms with Crippen LogP contribution in [0.4, 0.5) is 5.69 Å². The molecule has 0 bridgehead atoms. The zero-order valence-electron chi connectivity index (χ0n) is 7.53. The van der Waals surface area contributed by atoms with Gasteiger partial charge in [0.25, 0.3) is 0 Å². The number of benzene rings is 1. The van der Waals surface area contributed by atoms with Crippen LogP contribution in [0, 0.1) is 11.3 Å². The van der Waals surface area contributed by atoms with Crippen LogP contribution in [-0.4, -0.2) is 11.1 Å². The van der Waals surface area contributed by atoms with Gasteiger partial charge in [-0.2, -0.15) is 5.26 Å². The zero-order chi connectivity index (χ0) is 10.6. The standard InChI is InChI=1S/C10H10N2O2/c11-6-7-2-1-3-9(12)8(7)4-5-10(13)14/h1-3H,4-5,12H2,(H,13,14). The smallest absolute Gasteiger partial charge is 0.303 e. The highest BCUT2D eigenvalue weighted by molar-refractivity contribution is 5.68. The molecule has 0 heterocycles. The molecule has 0 saturated carbocycles. The molecule has 0 aliphatic heterocycles. The van der Waals surface area contributed by atoms with Crippen molar-refractivity contribution in [2.24, 2.45) is 0 Å². The largest absolute Gasteiger partial charge is 0.481 e. The minimum atomic E-state index is -0.892. The van der Waals surface area contributed by atoms with E-state index in [9.17, 15) is 4.79 Å². The van der Waals surface area contributed by atoms with E-state index in [0.717, 1.165) is 0 Å². The number of nitriles is 1. The maximum atomic E-state index is 10.4. The summed E-state index contributed by atoms with van der Waals surface area (Å²) in [5.74, 6) is -0.892. The Morgan fingerprint density at radius 2 is 2.29 bits per heavy atom. The van der Waals surface area contributed by atoms with Crippen molar-refractivity contribution >= 4 is 11.7 Å². The summed E-state index contributed by atoms with van der Waals surface area (Å²) in [5.41, 5.74) is 7.19. The maximum absolute atomic E-state index is 10.4. The van der Waals surface area contributed by atoms with Crippen molar-refractivity contribution < 1.29 is 9.90 Å². The summed E-state index contributed by atoms with van der Waals surface area (Å²) in [7, 11) is 0. The number of carbonyl (C=O) groups is 1. The van der Waals surface area contributed by atoms with E-state index in [1.54, 1.807) is 18.2 Å². The Labute approximate surface area is 81.6 Å². The van der Waals surface area contributed by atoms with Gasteiger partial charge in [-0.05, 0) is 24.1 Å². The van der Waals surface area contributed by atoms with Gasteiger partial charge in [-0.3, -0.25) is 4.79 Å². The number of anilines is 1. The summed E-state index contributed by atoms with van der Waals surface area (Å²) < 4.78 is 0. The van der Waals surface area contributed by atoms with E-state index in [1.807, 2.05) is 6.07 Å². The molecule has 0 atom stereocenters. The summed E-state index contributed by atoms with van der Waals surface area (Å²) in [6, 6.07) is 6.96. The molecule has 0 aliphatic rings. The van der Waals surface area contributed by atoms with Crippen LogP contribution in [0.25, 0.3) is 0 Å². The van der Waals surface area contributed by atoms with Crippen molar-refractivity contribution in [3.05, 3.63) is 29.3 Å². The normalized spacial score (nSPS) is 9.36. The number of nitrogens with zero attached hydrogens (tertiary/aromatic N) is 1. The van der Waals surface area contributed by atoms with Crippen LogP contribution in [0.15, 0.2) is 18.2 Å². The molecule has 4 heteroatoms. The number of nitrogen functional groups attached to an aromatic ring is 1. The zero-order valence-corrected chi connectivity index (χ0v) is 7.53. The minimum absolute atomic E-state index is 0.0110. The van der Waals surface area contributed by atoms with Gasteiger partial charge in [0.05, 0.1) is 11.6 Å². The molecule has 1 aromatic rings. The van der Waals surface area contributed by atoms with Gasteiger partial charge in [0.15, 0.2) is 0 Å². The molecule has 0 spiro atoms. The Morgan fingerprint density at radius 3 is 2.86 bits per heavy atom. The Hall–Kier alpha value is -2.02. The van der Waals surface area contributed by atoms with Gasteiger partial charge in [0.1, 0.15) is 0 Å². The van der Waals surface area contributed by atoms with Crippen LogP contribution < -0.4 is 5.73 Å². The van der Waals surface area contributed by atoms with Crippen molar-refractivity contribution in [3.8, 4) is 6.07 Å². The molecule has 0 aromatic heterocycles. The number of carboxylic acids is 1. The minimum Gasteiger partial charge on any atom is -0.481 e. The van der Waals surface area contributed by atoms with E-state index in [2.05, 4.69) is 0 Å². The molecule has 1 aromatic carbocycles. The highest BCUT2D eigenvalue weighted by atomic mass is 16.4. The first-order valence-electron chi connectivity index (χ1n) is 4.14. The van der Waals surface area contributed by atoms with Gasteiger partial charge in [0.2, 0.25) is 0 Å². The number of nitrogens with two attached hydrogens (primary N) is 1. The van der Waals surface area contributed by atoms with Crippen LogP contribution in [0.1, 0.15) is 17.5 Å². The first-order valence-corrected chi connectivity index (χ1v) is 4.14. The van der Waals surface area contributed by atoms with Crippen molar-refractivity contribution in [1.29, 1.82) is 5.26 Å². The van der Waals surface area contributed by atoms with Gasteiger partial charge >= 0.3 is 5.97 Å². The Balaban J connectivity index is 2.94. The van der Waals surface area contributed by atoms with Crippen molar-refractivity contribution in [1.82, 2.24) is 0 Å². The SMILES string of the molecule is N#Cc1cccc(N)c1CCC(=O)O. The monoisotopic (exact) mass is 190 g/mol. The lowest BCUT2D eigenvalue weighted by molar-refractivity contribution is -0.136. The summed E-state index contributed by atoms with van der Waals surface area (Å²) in [6.45, 7) is 0. The van der Waals surface area contributed by atoms with Crippen LogP contribution in [0.3, 0.4) is 0 Å². The Bertz CT molecular complexity index is 394. The fourth-order valence-corrected chi connectivity index (χ4v) is 1.22. The van der Waals surface area contributed by atoms with E-state index in [0.29, 0.717) is 23.2 Å². The van der Waals surface area contributed by atoms with Crippen LogP contribution in [-0.2, 0) is 11.2 Å². The second-order valence-corrected chi connectivity index (χ2v) is 2.88. The molecule has 0 amide bonds. The predicted molar refractivity (Wildman–Crippen MR) is 51.5 cm³/mol. The summed E-state index contributed by atoms with van der Waals surface area (Å²) in [5, 5.41) is 17.3. The van der Waals surface area contributed by atoms with Crippen molar-refractivity contribution in [2.75, 3.05) is 5.73 Å².